The lowest BCUT2D eigenvalue weighted by Crippen LogP contribution is -2.34. The van der Waals surface area contributed by atoms with Gasteiger partial charge in [-0.2, -0.15) is 0 Å². The molecule has 0 fully saturated rings. The van der Waals surface area contributed by atoms with Crippen LogP contribution in [0.2, 0.25) is 0 Å². The van der Waals surface area contributed by atoms with Crippen LogP contribution in [-0.2, 0) is 24.8 Å². The van der Waals surface area contributed by atoms with E-state index in [2.05, 4.69) is 15.4 Å². The number of nitrogens with one attached hydrogen (secondary N) is 4. The smallest absolute Gasteiger partial charge is 0.326 e. The molecule has 3 rings (SSSR count). The molecule has 0 spiro atoms. The van der Waals surface area contributed by atoms with Gasteiger partial charge in [0.05, 0.1) is 21.2 Å². The third kappa shape index (κ3) is 6.33. The molecule has 10 nitrogen and oxygen atoms in total. The topological polar surface area (TPSA) is 151 Å². The van der Waals surface area contributed by atoms with Gasteiger partial charge in [-0.05, 0) is 55.5 Å². The Morgan fingerprint density at radius 1 is 0.676 bits per heavy atom. The summed E-state index contributed by atoms with van der Waals surface area (Å²) in [5, 5.41) is 4.89. The number of aryl methyl sites for hydroxylation is 1. The average Bonchev–Trinajstić information content (AvgIpc) is 2.75. The lowest BCUT2D eigenvalue weighted by Gasteiger charge is -2.14. The van der Waals surface area contributed by atoms with Gasteiger partial charge in [0.15, 0.2) is 0 Å². The highest BCUT2D eigenvalue weighted by molar-refractivity contribution is 7.92. The maximum Gasteiger partial charge on any atom is 0.333 e. The molecule has 3 aromatic carbocycles. The standard InChI is InChI=1S/C22H22N4O6S2/c1-15-7-11-18(12-8-15)34(31,32)26-22(28)24-20-5-3-4-6-21(20)25-33(29,30)19-13-9-17(10-14-19)23-16(2)27/h3-14,25H,1-2H3,(H,23,27)(H2,24,26,28). The molecule has 178 valence electrons. The van der Waals surface area contributed by atoms with E-state index in [0.29, 0.717) is 5.69 Å². The summed E-state index contributed by atoms with van der Waals surface area (Å²) < 4.78 is 54.7. The first-order valence-corrected chi connectivity index (χ1v) is 12.8. The summed E-state index contributed by atoms with van der Waals surface area (Å²) in [6.45, 7) is 3.13. The second kappa shape index (κ2) is 9.93. The number of rotatable bonds is 7. The summed E-state index contributed by atoms with van der Waals surface area (Å²) in [6, 6.07) is 16.3. The van der Waals surface area contributed by atoms with E-state index >= 15 is 0 Å². The predicted octanol–water partition coefficient (Wildman–Crippen LogP) is 3.26. The zero-order valence-corrected chi connectivity index (χ0v) is 19.8. The number of carbonyl (C=O) groups is 2. The normalized spacial score (nSPS) is 11.4. The lowest BCUT2D eigenvalue weighted by atomic mass is 10.2. The van der Waals surface area contributed by atoms with Crippen LogP contribution in [0.4, 0.5) is 21.9 Å². The van der Waals surface area contributed by atoms with E-state index in [1.807, 2.05) is 4.72 Å². The SMILES string of the molecule is CC(=O)Nc1ccc(S(=O)(=O)Nc2ccccc2NC(=O)NS(=O)(=O)c2ccc(C)cc2)cc1. The number of carbonyl (C=O) groups excluding carboxylic acids is 2. The molecule has 0 unspecified atom stereocenters. The molecule has 3 amide bonds. The Labute approximate surface area is 197 Å². The molecule has 12 heteroatoms. The van der Waals surface area contributed by atoms with Crippen LogP contribution in [0.5, 0.6) is 0 Å². The number of anilines is 3. The van der Waals surface area contributed by atoms with Gasteiger partial charge in [0.1, 0.15) is 0 Å². The molecule has 0 radical (unpaired) electrons. The first-order chi connectivity index (χ1) is 16.0. The fraction of sp³-hybridized carbons (Fsp3) is 0.0909. The highest BCUT2D eigenvalue weighted by atomic mass is 32.2. The quantitative estimate of drug-likeness (QED) is 0.389. The second-order valence-corrected chi connectivity index (χ2v) is 10.6. The Balaban J connectivity index is 1.76. The minimum absolute atomic E-state index is 0.0244. The first kappa shape index (κ1) is 24.7. The van der Waals surface area contributed by atoms with Crippen molar-refractivity contribution in [1.29, 1.82) is 0 Å². The van der Waals surface area contributed by atoms with Crippen LogP contribution in [-0.4, -0.2) is 28.8 Å². The van der Waals surface area contributed by atoms with Crippen molar-refractivity contribution in [2.45, 2.75) is 23.6 Å². The van der Waals surface area contributed by atoms with Crippen molar-refractivity contribution in [2.75, 3.05) is 15.4 Å². The van der Waals surface area contributed by atoms with Gasteiger partial charge >= 0.3 is 6.03 Å². The number of hydrogen-bond acceptors (Lipinski definition) is 6. The molecule has 0 bridgehead atoms. The molecular formula is C22H22N4O6S2. The number of amides is 3. The van der Waals surface area contributed by atoms with Crippen molar-refractivity contribution in [3.63, 3.8) is 0 Å². The average molecular weight is 503 g/mol. The number of hydrogen-bond donors (Lipinski definition) is 4. The Bertz CT molecular complexity index is 1420. The Hall–Kier alpha value is -3.90. The van der Waals surface area contributed by atoms with E-state index in [1.54, 1.807) is 31.2 Å². The molecule has 4 N–H and O–H groups in total. The van der Waals surface area contributed by atoms with Crippen LogP contribution < -0.4 is 20.1 Å². The number of urea groups is 1. The maximum absolute atomic E-state index is 12.8. The lowest BCUT2D eigenvalue weighted by molar-refractivity contribution is -0.114. The minimum atomic E-state index is -4.13. The highest BCUT2D eigenvalue weighted by Crippen LogP contribution is 2.25. The van der Waals surface area contributed by atoms with Crippen molar-refractivity contribution in [2.24, 2.45) is 0 Å². The van der Waals surface area contributed by atoms with E-state index in [0.717, 1.165) is 5.56 Å². The molecule has 0 saturated carbocycles. The zero-order valence-electron chi connectivity index (χ0n) is 18.2. The third-order valence-electron chi connectivity index (χ3n) is 4.46. The van der Waals surface area contributed by atoms with Crippen LogP contribution >= 0.6 is 0 Å². The monoisotopic (exact) mass is 502 g/mol. The fourth-order valence-electron chi connectivity index (χ4n) is 2.85. The van der Waals surface area contributed by atoms with Crippen LogP contribution in [0.1, 0.15) is 12.5 Å². The van der Waals surface area contributed by atoms with Crippen molar-refractivity contribution >= 4 is 49.0 Å². The van der Waals surface area contributed by atoms with Crippen LogP contribution in [0.25, 0.3) is 0 Å². The summed E-state index contributed by atoms with van der Waals surface area (Å²) in [6.07, 6.45) is 0. The molecule has 3 aromatic rings. The Kier molecular flexibility index (Phi) is 7.23. The van der Waals surface area contributed by atoms with Gasteiger partial charge < -0.3 is 10.6 Å². The molecule has 0 saturated heterocycles. The Morgan fingerprint density at radius 3 is 1.79 bits per heavy atom. The van der Waals surface area contributed by atoms with E-state index in [1.165, 1.54) is 55.5 Å². The van der Waals surface area contributed by atoms with Crippen molar-refractivity contribution in [3.8, 4) is 0 Å². The molecule has 0 aliphatic rings. The van der Waals surface area contributed by atoms with Crippen LogP contribution in [0.3, 0.4) is 0 Å². The second-order valence-electron chi connectivity index (χ2n) is 7.23. The molecule has 0 aliphatic carbocycles. The highest BCUT2D eigenvalue weighted by Gasteiger charge is 2.20. The van der Waals surface area contributed by atoms with Gasteiger partial charge in [-0.15, -0.1) is 0 Å². The van der Waals surface area contributed by atoms with Crippen LogP contribution in [0, 0.1) is 6.92 Å². The van der Waals surface area contributed by atoms with Crippen molar-refractivity contribution in [3.05, 3.63) is 78.4 Å². The number of benzene rings is 3. The number of para-hydroxylation sites is 2. The van der Waals surface area contributed by atoms with Crippen molar-refractivity contribution in [1.82, 2.24) is 4.72 Å². The summed E-state index contributed by atoms with van der Waals surface area (Å²) in [4.78, 5) is 23.3. The van der Waals surface area contributed by atoms with Gasteiger partial charge in [0, 0.05) is 12.6 Å². The van der Waals surface area contributed by atoms with Gasteiger partial charge in [0.25, 0.3) is 20.0 Å². The van der Waals surface area contributed by atoms with E-state index < -0.39 is 26.1 Å². The summed E-state index contributed by atoms with van der Waals surface area (Å²) >= 11 is 0. The third-order valence-corrected chi connectivity index (χ3v) is 7.19. The molecule has 0 heterocycles. The van der Waals surface area contributed by atoms with Crippen LogP contribution in [0.15, 0.2) is 82.6 Å². The van der Waals surface area contributed by atoms with Crippen molar-refractivity contribution < 1.29 is 26.4 Å². The fourth-order valence-corrected chi connectivity index (χ4v) is 4.84. The summed E-state index contributed by atoms with van der Waals surface area (Å²) in [5.74, 6) is -0.295. The molecule has 34 heavy (non-hydrogen) atoms. The van der Waals surface area contributed by atoms with Gasteiger partial charge in [-0.3, -0.25) is 9.52 Å². The summed E-state index contributed by atoms with van der Waals surface area (Å²) in [5.41, 5.74) is 1.35. The van der Waals surface area contributed by atoms with E-state index in [4.69, 9.17) is 0 Å². The van der Waals surface area contributed by atoms with E-state index in [-0.39, 0.29) is 27.1 Å². The largest absolute Gasteiger partial charge is 0.333 e. The van der Waals surface area contributed by atoms with Gasteiger partial charge in [0.2, 0.25) is 5.91 Å². The van der Waals surface area contributed by atoms with Gasteiger partial charge in [-0.25, -0.2) is 26.4 Å². The minimum Gasteiger partial charge on any atom is -0.326 e. The molecular weight excluding hydrogens is 480 g/mol. The maximum atomic E-state index is 12.8. The zero-order chi connectivity index (χ0) is 24.9. The predicted molar refractivity (Wildman–Crippen MR) is 129 cm³/mol. The molecule has 0 atom stereocenters. The molecule has 0 aromatic heterocycles. The molecule has 0 aliphatic heterocycles. The summed E-state index contributed by atoms with van der Waals surface area (Å²) in [7, 11) is -8.18. The Morgan fingerprint density at radius 2 is 1.21 bits per heavy atom. The number of sulfonamides is 2. The van der Waals surface area contributed by atoms with E-state index in [9.17, 15) is 26.4 Å². The first-order valence-electron chi connectivity index (χ1n) is 9.86. The van der Waals surface area contributed by atoms with Gasteiger partial charge in [-0.1, -0.05) is 29.8 Å².